The van der Waals surface area contributed by atoms with Crippen molar-refractivity contribution in [1.82, 2.24) is 4.98 Å². The largest absolute Gasteiger partial charge is 0.416 e. The minimum absolute atomic E-state index is 0.0384. The molecule has 3 rings (SSSR count). The number of rotatable bonds is 3. The number of hydrogen-bond donors (Lipinski definition) is 1. The Morgan fingerprint density at radius 2 is 1.92 bits per heavy atom. The van der Waals surface area contributed by atoms with Crippen molar-refractivity contribution in [1.29, 1.82) is 0 Å². The summed E-state index contributed by atoms with van der Waals surface area (Å²) >= 11 is 0.869. The Hall–Kier alpha value is -2.55. The van der Waals surface area contributed by atoms with E-state index in [0.29, 0.717) is 6.07 Å². The zero-order valence-electron chi connectivity index (χ0n) is 12.3. The molecule has 9 heteroatoms. The van der Waals surface area contributed by atoms with Gasteiger partial charge in [0, 0.05) is 6.07 Å². The summed E-state index contributed by atoms with van der Waals surface area (Å²) in [5, 5.41) is 2.42. The predicted octanol–water partition coefficient (Wildman–Crippen LogP) is 4.77. The van der Waals surface area contributed by atoms with E-state index in [9.17, 15) is 26.7 Å². The Labute approximate surface area is 142 Å². The molecule has 0 saturated carbocycles. The summed E-state index contributed by atoms with van der Waals surface area (Å²) < 4.78 is 64.9. The molecule has 3 aromatic rings. The highest BCUT2D eigenvalue weighted by molar-refractivity contribution is 7.22. The number of nitrogens with zero attached hydrogens (tertiary/aromatic N) is 1. The number of hydrogen-bond acceptors (Lipinski definition) is 3. The fraction of sp³-hybridized carbons (Fsp3) is 0.125. The number of fused-ring (bicyclic) bond motifs is 1. The van der Waals surface area contributed by atoms with Crippen molar-refractivity contribution in [2.45, 2.75) is 12.6 Å². The highest BCUT2D eigenvalue weighted by atomic mass is 32.1. The first-order valence-corrected chi connectivity index (χ1v) is 7.75. The first-order chi connectivity index (χ1) is 11.7. The Morgan fingerprint density at radius 3 is 2.64 bits per heavy atom. The molecule has 0 spiro atoms. The van der Waals surface area contributed by atoms with E-state index < -0.39 is 29.3 Å². The third-order valence-electron chi connectivity index (χ3n) is 3.28. The standard InChI is InChI=1S/C16H9F5N2OS/c17-10-6-11(18)14-12(7-10)25-15(23-14)22-13(24)5-8-2-1-3-9(4-8)16(19,20)21/h1-4,6-7H,5H2,(H,22,23,24). The van der Waals surface area contributed by atoms with Crippen LogP contribution in [-0.4, -0.2) is 10.9 Å². The average molecular weight is 372 g/mol. The molecule has 130 valence electrons. The fourth-order valence-corrected chi connectivity index (χ4v) is 3.14. The van der Waals surface area contributed by atoms with Gasteiger partial charge in [0.1, 0.15) is 11.3 Å². The molecule has 0 aliphatic rings. The summed E-state index contributed by atoms with van der Waals surface area (Å²) in [6.45, 7) is 0. The van der Waals surface area contributed by atoms with E-state index in [1.54, 1.807) is 0 Å². The summed E-state index contributed by atoms with van der Waals surface area (Å²) in [5.74, 6) is -2.24. The minimum Gasteiger partial charge on any atom is -0.302 e. The molecule has 2 aromatic carbocycles. The van der Waals surface area contributed by atoms with Crippen molar-refractivity contribution in [2.75, 3.05) is 5.32 Å². The molecule has 0 bridgehead atoms. The highest BCUT2D eigenvalue weighted by Crippen LogP contribution is 2.30. The summed E-state index contributed by atoms with van der Waals surface area (Å²) in [6.07, 6.45) is -4.81. The number of halogens is 5. The molecule has 0 radical (unpaired) electrons. The summed E-state index contributed by atoms with van der Waals surface area (Å²) in [5.41, 5.74) is -0.762. The lowest BCUT2D eigenvalue weighted by atomic mass is 10.1. The molecule has 1 N–H and O–H groups in total. The summed E-state index contributed by atoms with van der Waals surface area (Å²) in [7, 11) is 0. The van der Waals surface area contributed by atoms with Gasteiger partial charge in [-0.25, -0.2) is 13.8 Å². The van der Waals surface area contributed by atoms with E-state index in [1.807, 2.05) is 0 Å². The van der Waals surface area contributed by atoms with Crippen LogP contribution in [0.1, 0.15) is 11.1 Å². The third-order valence-corrected chi connectivity index (χ3v) is 4.20. The zero-order chi connectivity index (χ0) is 18.2. The van der Waals surface area contributed by atoms with E-state index in [2.05, 4.69) is 10.3 Å². The number of nitrogens with one attached hydrogen (secondary N) is 1. The molecule has 1 amide bonds. The second-order valence-electron chi connectivity index (χ2n) is 5.18. The average Bonchev–Trinajstić information content (AvgIpc) is 2.89. The molecule has 0 aliphatic carbocycles. The maximum Gasteiger partial charge on any atom is 0.416 e. The van der Waals surface area contributed by atoms with Crippen molar-refractivity contribution in [2.24, 2.45) is 0 Å². The fourth-order valence-electron chi connectivity index (χ4n) is 2.22. The third kappa shape index (κ3) is 3.93. The lowest BCUT2D eigenvalue weighted by Gasteiger charge is -2.08. The number of benzene rings is 2. The Morgan fingerprint density at radius 1 is 1.16 bits per heavy atom. The van der Waals surface area contributed by atoms with Gasteiger partial charge in [-0.05, 0) is 17.7 Å². The van der Waals surface area contributed by atoms with Crippen LogP contribution in [0.25, 0.3) is 10.2 Å². The van der Waals surface area contributed by atoms with E-state index in [1.165, 1.54) is 12.1 Å². The maximum absolute atomic E-state index is 13.6. The van der Waals surface area contributed by atoms with Crippen LogP contribution in [0, 0.1) is 11.6 Å². The van der Waals surface area contributed by atoms with Crippen molar-refractivity contribution >= 4 is 32.6 Å². The number of thiazole rings is 1. The molecule has 0 unspecified atom stereocenters. The topological polar surface area (TPSA) is 42.0 Å². The van der Waals surface area contributed by atoms with E-state index >= 15 is 0 Å². The van der Waals surface area contributed by atoms with Crippen molar-refractivity contribution < 1.29 is 26.7 Å². The van der Waals surface area contributed by atoms with Crippen molar-refractivity contribution in [3.63, 3.8) is 0 Å². The monoisotopic (exact) mass is 372 g/mol. The van der Waals surface area contributed by atoms with Gasteiger partial charge in [-0.15, -0.1) is 0 Å². The zero-order valence-corrected chi connectivity index (χ0v) is 13.1. The van der Waals surface area contributed by atoms with E-state index in [4.69, 9.17) is 0 Å². The molecule has 0 fully saturated rings. The number of carbonyl (C=O) groups excluding carboxylic acids is 1. The van der Waals surface area contributed by atoms with Crippen molar-refractivity contribution in [3.05, 3.63) is 59.2 Å². The summed E-state index contributed by atoms with van der Waals surface area (Å²) in [4.78, 5) is 15.8. The summed E-state index contributed by atoms with van der Waals surface area (Å²) in [6, 6.07) is 6.15. The van der Waals surface area contributed by atoms with Crippen LogP contribution < -0.4 is 5.32 Å². The van der Waals surface area contributed by atoms with Crippen LogP contribution in [-0.2, 0) is 17.4 Å². The number of aromatic nitrogens is 1. The number of alkyl halides is 3. The van der Waals surface area contributed by atoms with Gasteiger partial charge >= 0.3 is 6.18 Å². The first kappa shape index (κ1) is 17.3. The molecule has 0 atom stereocenters. The van der Waals surface area contributed by atoms with Crippen LogP contribution in [0.2, 0.25) is 0 Å². The highest BCUT2D eigenvalue weighted by Gasteiger charge is 2.30. The van der Waals surface area contributed by atoms with Crippen LogP contribution in [0.3, 0.4) is 0 Å². The lowest BCUT2D eigenvalue weighted by Crippen LogP contribution is -2.15. The lowest BCUT2D eigenvalue weighted by molar-refractivity contribution is -0.137. The smallest absolute Gasteiger partial charge is 0.302 e. The molecule has 3 nitrogen and oxygen atoms in total. The number of carbonyl (C=O) groups is 1. The number of anilines is 1. The van der Waals surface area contributed by atoms with Gasteiger partial charge in [0.05, 0.1) is 16.7 Å². The Balaban J connectivity index is 1.76. The molecular formula is C16H9F5N2OS. The molecular weight excluding hydrogens is 363 g/mol. The van der Waals surface area contributed by atoms with Gasteiger partial charge in [0.25, 0.3) is 0 Å². The first-order valence-electron chi connectivity index (χ1n) is 6.94. The molecule has 0 aliphatic heterocycles. The molecule has 25 heavy (non-hydrogen) atoms. The van der Waals surface area contributed by atoms with Gasteiger partial charge in [0.15, 0.2) is 10.9 Å². The second-order valence-corrected chi connectivity index (χ2v) is 6.21. The van der Waals surface area contributed by atoms with Gasteiger partial charge in [-0.3, -0.25) is 4.79 Å². The van der Waals surface area contributed by atoms with Gasteiger partial charge in [-0.1, -0.05) is 29.5 Å². The molecule has 1 heterocycles. The normalized spacial score (nSPS) is 11.7. The quantitative estimate of drug-likeness (QED) is 0.673. The van der Waals surface area contributed by atoms with Crippen LogP contribution in [0.4, 0.5) is 27.1 Å². The molecule has 0 saturated heterocycles. The SMILES string of the molecule is O=C(Cc1cccc(C(F)(F)F)c1)Nc1nc2c(F)cc(F)cc2s1. The van der Waals surface area contributed by atoms with Crippen molar-refractivity contribution in [3.8, 4) is 0 Å². The van der Waals surface area contributed by atoms with Gasteiger partial charge < -0.3 is 5.32 Å². The second kappa shape index (κ2) is 6.40. The molecule has 1 aromatic heterocycles. The van der Waals surface area contributed by atoms with Gasteiger partial charge in [-0.2, -0.15) is 13.2 Å². The minimum atomic E-state index is -4.50. The van der Waals surface area contributed by atoms with E-state index in [-0.39, 0.29) is 27.3 Å². The Kier molecular flexibility index (Phi) is 4.42. The predicted molar refractivity (Wildman–Crippen MR) is 83.3 cm³/mol. The van der Waals surface area contributed by atoms with Crippen LogP contribution in [0.15, 0.2) is 36.4 Å². The van der Waals surface area contributed by atoms with Gasteiger partial charge in [0.2, 0.25) is 5.91 Å². The Bertz CT molecular complexity index is 951. The van der Waals surface area contributed by atoms with E-state index in [0.717, 1.165) is 29.5 Å². The number of amides is 1. The maximum atomic E-state index is 13.6. The van der Waals surface area contributed by atoms with Crippen LogP contribution >= 0.6 is 11.3 Å². The van der Waals surface area contributed by atoms with Crippen LogP contribution in [0.5, 0.6) is 0 Å².